The summed E-state index contributed by atoms with van der Waals surface area (Å²) < 4.78 is 7.43. The summed E-state index contributed by atoms with van der Waals surface area (Å²) in [5.74, 6) is 0.730. The Bertz CT molecular complexity index is 1660. The predicted octanol–water partition coefficient (Wildman–Crippen LogP) is 4.64. The van der Waals surface area contributed by atoms with E-state index < -0.39 is 0 Å². The van der Waals surface area contributed by atoms with Crippen molar-refractivity contribution in [1.82, 2.24) is 25.1 Å². The molecule has 0 atom stereocenters. The van der Waals surface area contributed by atoms with Crippen LogP contribution in [0, 0.1) is 0 Å². The number of hydrogen-bond donors (Lipinski definition) is 3. The van der Waals surface area contributed by atoms with Crippen LogP contribution in [0.25, 0.3) is 33.1 Å². The van der Waals surface area contributed by atoms with Gasteiger partial charge in [-0.25, -0.2) is 14.6 Å². The molecule has 198 valence electrons. The highest BCUT2D eigenvalue weighted by Crippen LogP contribution is 2.36. The lowest BCUT2D eigenvalue weighted by molar-refractivity contribution is 0.0949. The summed E-state index contributed by atoms with van der Waals surface area (Å²) in [5, 5.41) is 20.5. The Labute approximate surface area is 225 Å². The maximum atomic E-state index is 13.2. The zero-order chi connectivity index (χ0) is 26.9. The van der Waals surface area contributed by atoms with E-state index in [1.165, 1.54) is 6.33 Å². The minimum absolute atomic E-state index is 0.152. The van der Waals surface area contributed by atoms with Gasteiger partial charge in [-0.05, 0) is 48.1 Å². The van der Waals surface area contributed by atoms with Crippen LogP contribution in [0.2, 0.25) is 0 Å². The van der Waals surface area contributed by atoms with Gasteiger partial charge in [0, 0.05) is 12.1 Å². The fraction of sp³-hybridized carbons (Fsp3) is 0.267. The molecule has 1 aliphatic rings. The monoisotopic (exact) mass is 522 g/mol. The molecule has 0 bridgehead atoms. The largest absolute Gasteiger partial charge is 0.496 e. The number of nitrogen functional groups attached to an aromatic ring is 1. The first-order chi connectivity index (χ1) is 19.0. The minimum Gasteiger partial charge on any atom is -0.496 e. The second-order valence-electron chi connectivity index (χ2n) is 9.96. The lowest BCUT2D eigenvalue weighted by Gasteiger charge is -2.25. The van der Waals surface area contributed by atoms with E-state index in [1.54, 1.807) is 7.11 Å². The van der Waals surface area contributed by atoms with Crippen molar-refractivity contribution in [2.45, 2.75) is 44.4 Å². The van der Waals surface area contributed by atoms with Gasteiger partial charge in [0.25, 0.3) is 5.91 Å². The fourth-order valence-corrected chi connectivity index (χ4v) is 5.46. The Balaban J connectivity index is 1.25. The van der Waals surface area contributed by atoms with E-state index in [-0.39, 0.29) is 18.1 Å². The van der Waals surface area contributed by atoms with Crippen molar-refractivity contribution in [2.24, 2.45) is 0 Å². The van der Waals surface area contributed by atoms with Gasteiger partial charge < -0.3 is 20.9 Å². The van der Waals surface area contributed by atoms with Crippen LogP contribution in [0.4, 0.5) is 5.82 Å². The first-order valence-corrected chi connectivity index (χ1v) is 13.1. The van der Waals surface area contributed by atoms with Gasteiger partial charge in [0.15, 0.2) is 5.65 Å². The third kappa shape index (κ3) is 4.66. The number of carbonyl (C=O) groups excluding carboxylic acids is 1. The Morgan fingerprint density at radius 2 is 1.82 bits per heavy atom. The number of fused-ring (bicyclic) bond motifs is 2. The molecule has 5 aromatic rings. The first kappa shape index (κ1) is 24.8. The van der Waals surface area contributed by atoms with Gasteiger partial charge in [-0.1, -0.05) is 54.6 Å². The van der Waals surface area contributed by atoms with Gasteiger partial charge >= 0.3 is 0 Å². The maximum absolute atomic E-state index is 13.2. The van der Waals surface area contributed by atoms with Gasteiger partial charge in [-0.2, -0.15) is 5.10 Å². The highest BCUT2D eigenvalue weighted by molar-refractivity contribution is 6.09. The molecule has 0 unspecified atom stereocenters. The zero-order valence-electron chi connectivity index (χ0n) is 21.7. The first-order valence-electron chi connectivity index (χ1n) is 13.1. The molecule has 6 rings (SSSR count). The molecule has 0 saturated heterocycles. The maximum Gasteiger partial charge on any atom is 0.255 e. The molecule has 0 radical (unpaired) electrons. The van der Waals surface area contributed by atoms with Crippen LogP contribution in [0.1, 0.15) is 47.6 Å². The highest BCUT2D eigenvalue weighted by atomic mass is 16.5. The Morgan fingerprint density at radius 3 is 2.59 bits per heavy atom. The van der Waals surface area contributed by atoms with Crippen molar-refractivity contribution in [3.63, 3.8) is 0 Å². The van der Waals surface area contributed by atoms with Crippen LogP contribution in [0.5, 0.6) is 5.75 Å². The molecule has 0 spiro atoms. The Hall–Kier alpha value is -4.50. The molecule has 1 amide bonds. The number of anilines is 1. The third-order valence-electron chi connectivity index (χ3n) is 7.55. The van der Waals surface area contributed by atoms with Gasteiger partial charge in [0.05, 0.1) is 30.2 Å². The van der Waals surface area contributed by atoms with Crippen LogP contribution in [-0.2, 0) is 6.54 Å². The molecule has 39 heavy (non-hydrogen) atoms. The predicted molar refractivity (Wildman–Crippen MR) is 150 cm³/mol. The van der Waals surface area contributed by atoms with Crippen molar-refractivity contribution in [1.29, 1.82) is 0 Å². The molecule has 2 heterocycles. The van der Waals surface area contributed by atoms with Crippen LogP contribution >= 0.6 is 0 Å². The molecule has 1 fully saturated rings. The normalized spacial score (nSPS) is 17.4. The summed E-state index contributed by atoms with van der Waals surface area (Å²) in [5.41, 5.74) is 10.1. The standard InChI is InChI=1S/C30H30N6O3/c1-39-24-15-10-19-4-2-3-5-23(19)25(24)30(38)32-16-18-6-8-20(9-7-18)27-26-28(31)33-17-34-29(26)36(35-27)21-11-13-22(37)14-12-21/h2-10,15,17,21-22,37H,11-14,16H2,1H3,(H,32,38)(H2,31,33,34). The number of nitrogens with one attached hydrogen (secondary N) is 1. The summed E-state index contributed by atoms with van der Waals surface area (Å²) >= 11 is 0. The number of ether oxygens (including phenoxy) is 1. The Kier molecular flexibility index (Phi) is 6.58. The highest BCUT2D eigenvalue weighted by Gasteiger charge is 2.26. The molecule has 4 N–H and O–H groups in total. The lowest BCUT2D eigenvalue weighted by Crippen LogP contribution is -2.23. The van der Waals surface area contributed by atoms with Gasteiger partial charge in [0.1, 0.15) is 23.6 Å². The summed E-state index contributed by atoms with van der Waals surface area (Å²) in [6.07, 6.45) is 4.37. The van der Waals surface area contributed by atoms with Gasteiger partial charge in [-0.3, -0.25) is 4.79 Å². The molecule has 0 aliphatic heterocycles. The number of aliphatic hydroxyl groups is 1. The fourth-order valence-electron chi connectivity index (χ4n) is 5.46. The van der Waals surface area contributed by atoms with Gasteiger partial charge in [0.2, 0.25) is 0 Å². The number of amides is 1. The van der Waals surface area contributed by atoms with E-state index in [0.717, 1.165) is 58.7 Å². The van der Waals surface area contributed by atoms with Crippen molar-refractivity contribution >= 4 is 33.5 Å². The Morgan fingerprint density at radius 1 is 1.05 bits per heavy atom. The summed E-state index contributed by atoms with van der Waals surface area (Å²) in [4.78, 5) is 21.9. The molecule has 9 heteroatoms. The van der Waals surface area contributed by atoms with Crippen molar-refractivity contribution in [2.75, 3.05) is 12.8 Å². The zero-order valence-corrected chi connectivity index (χ0v) is 21.7. The van der Waals surface area contributed by atoms with E-state index >= 15 is 0 Å². The van der Waals surface area contributed by atoms with Crippen LogP contribution < -0.4 is 15.8 Å². The number of carbonyl (C=O) groups is 1. The average molecular weight is 523 g/mol. The molecule has 9 nitrogen and oxygen atoms in total. The molecular formula is C30H30N6O3. The summed E-state index contributed by atoms with van der Waals surface area (Å²) in [7, 11) is 1.57. The topological polar surface area (TPSA) is 128 Å². The molecule has 2 aromatic heterocycles. The van der Waals surface area contributed by atoms with Crippen molar-refractivity contribution in [3.05, 3.63) is 78.1 Å². The number of nitrogens with two attached hydrogens (primary N) is 1. The number of methoxy groups -OCH3 is 1. The van der Waals surface area contributed by atoms with E-state index in [0.29, 0.717) is 29.3 Å². The second-order valence-corrected chi connectivity index (χ2v) is 9.96. The number of benzene rings is 3. The van der Waals surface area contributed by atoms with Crippen molar-refractivity contribution < 1.29 is 14.6 Å². The van der Waals surface area contributed by atoms with Crippen molar-refractivity contribution in [3.8, 4) is 17.0 Å². The summed E-state index contributed by atoms with van der Waals surface area (Å²) in [6.45, 7) is 0.357. The molecular weight excluding hydrogens is 492 g/mol. The third-order valence-corrected chi connectivity index (χ3v) is 7.55. The van der Waals surface area contributed by atoms with Crippen LogP contribution in [0.3, 0.4) is 0 Å². The number of rotatable bonds is 6. The second kappa shape index (κ2) is 10.3. The quantitative estimate of drug-likeness (QED) is 0.296. The van der Waals surface area contributed by atoms with Gasteiger partial charge in [-0.15, -0.1) is 0 Å². The van der Waals surface area contributed by atoms with E-state index in [1.807, 2.05) is 65.3 Å². The number of aliphatic hydroxyl groups excluding tert-OH is 1. The molecule has 1 aliphatic carbocycles. The average Bonchev–Trinajstić information content (AvgIpc) is 3.37. The molecule has 1 saturated carbocycles. The van der Waals surface area contributed by atoms with E-state index in [9.17, 15) is 9.90 Å². The van der Waals surface area contributed by atoms with Crippen LogP contribution in [0.15, 0.2) is 67.0 Å². The number of nitrogens with zero attached hydrogens (tertiary/aromatic N) is 4. The van der Waals surface area contributed by atoms with E-state index in [2.05, 4.69) is 15.3 Å². The number of aromatic nitrogens is 4. The number of hydrogen-bond acceptors (Lipinski definition) is 7. The summed E-state index contributed by atoms with van der Waals surface area (Å²) in [6, 6.07) is 19.6. The van der Waals surface area contributed by atoms with Crippen LogP contribution in [-0.4, -0.2) is 44.0 Å². The smallest absolute Gasteiger partial charge is 0.255 e. The molecule has 3 aromatic carbocycles. The minimum atomic E-state index is -0.253. The SMILES string of the molecule is COc1ccc2ccccc2c1C(=O)NCc1ccc(-c2nn(C3CCC(O)CC3)c3ncnc(N)c23)cc1. The van der Waals surface area contributed by atoms with E-state index in [4.69, 9.17) is 15.6 Å². The lowest BCUT2D eigenvalue weighted by atomic mass is 9.93.